The molecule has 1 amide bonds. The number of anilines is 1. The van der Waals surface area contributed by atoms with Crippen molar-refractivity contribution in [1.29, 1.82) is 5.26 Å². The Morgan fingerprint density at radius 2 is 1.90 bits per heavy atom. The molecule has 0 aliphatic heterocycles. The van der Waals surface area contributed by atoms with Gasteiger partial charge in [0.25, 0.3) is 5.91 Å². The molecule has 0 saturated heterocycles. The van der Waals surface area contributed by atoms with E-state index in [2.05, 4.69) is 37.2 Å². The number of hydrogen-bond acceptors (Lipinski definition) is 3. The van der Waals surface area contributed by atoms with Gasteiger partial charge in [0.2, 0.25) is 0 Å². The third kappa shape index (κ3) is 5.96. The molecule has 0 aliphatic carbocycles. The van der Waals surface area contributed by atoms with Crippen LogP contribution in [-0.4, -0.2) is 5.91 Å². The number of nitriles is 1. The maximum absolute atomic E-state index is 12.6. The smallest absolute Gasteiger partial charge is 0.266 e. The Morgan fingerprint density at radius 1 is 1.10 bits per heavy atom. The molecule has 150 valence electrons. The van der Waals surface area contributed by atoms with Crippen molar-refractivity contribution >= 4 is 61.1 Å². The highest BCUT2D eigenvalue weighted by Crippen LogP contribution is 2.28. The van der Waals surface area contributed by atoms with Crippen LogP contribution in [0.1, 0.15) is 11.1 Å². The van der Waals surface area contributed by atoms with E-state index in [1.54, 1.807) is 36.4 Å². The van der Waals surface area contributed by atoms with Gasteiger partial charge in [-0.05, 0) is 48.5 Å². The first-order valence-corrected chi connectivity index (χ1v) is 10.8. The fraction of sp³-hybridized carbons (Fsp3) is 0.0435. The molecule has 3 aromatic rings. The van der Waals surface area contributed by atoms with Gasteiger partial charge < -0.3 is 10.1 Å². The summed E-state index contributed by atoms with van der Waals surface area (Å²) in [7, 11) is 0. The van der Waals surface area contributed by atoms with Crippen molar-refractivity contribution in [2.24, 2.45) is 0 Å². The molecule has 0 spiro atoms. The van der Waals surface area contributed by atoms with E-state index < -0.39 is 5.91 Å². The molecule has 0 unspecified atom stereocenters. The Bertz CT molecular complexity index is 1160. The van der Waals surface area contributed by atoms with Gasteiger partial charge in [-0.25, -0.2) is 0 Å². The SMILES string of the molecule is N#C/C(=C\c1cc(Br)ccc1OCc1ccccc1Br)C(=O)Nc1cccc(Cl)c1. The minimum Gasteiger partial charge on any atom is -0.488 e. The average molecular weight is 547 g/mol. The number of halogens is 3. The van der Waals surface area contributed by atoms with Gasteiger partial charge in [0.05, 0.1) is 0 Å². The maximum atomic E-state index is 12.6. The number of benzene rings is 3. The fourth-order valence-corrected chi connectivity index (χ4v) is 3.57. The minimum absolute atomic E-state index is 0.0567. The number of nitrogens with one attached hydrogen (secondary N) is 1. The lowest BCUT2D eigenvalue weighted by molar-refractivity contribution is -0.112. The van der Waals surface area contributed by atoms with Crippen LogP contribution in [0.15, 0.2) is 81.2 Å². The van der Waals surface area contributed by atoms with Gasteiger partial charge in [0, 0.05) is 30.8 Å². The van der Waals surface area contributed by atoms with E-state index in [1.807, 2.05) is 36.4 Å². The second-order valence-corrected chi connectivity index (χ2v) is 8.40. The van der Waals surface area contributed by atoms with E-state index in [0.717, 1.165) is 14.5 Å². The van der Waals surface area contributed by atoms with E-state index in [4.69, 9.17) is 16.3 Å². The van der Waals surface area contributed by atoms with Crippen LogP contribution in [0.3, 0.4) is 0 Å². The lowest BCUT2D eigenvalue weighted by atomic mass is 10.1. The number of hydrogen-bond donors (Lipinski definition) is 1. The van der Waals surface area contributed by atoms with Crippen LogP contribution >= 0.6 is 43.5 Å². The molecular formula is C23H15Br2ClN2O2. The molecule has 3 aromatic carbocycles. The van der Waals surface area contributed by atoms with Crippen molar-refractivity contribution < 1.29 is 9.53 Å². The number of nitrogens with zero attached hydrogens (tertiary/aromatic N) is 1. The van der Waals surface area contributed by atoms with Crippen molar-refractivity contribution in [1.82, 2.24) is 0 Å². The average Bonchev–Trinajstić information content (AvgIpc) is 2.72. The summed E-state index contributed by atoms with van der Waals surface area (Å²) in [6, 6.07) is 21.9. The molecule has 30 heavy (non-hydrogen) atoms. The summed E-state index contributed by atoms with van der Waals surface area (Å²) in [5.41, 5.74) is 2.04. The highest BCUT2D eigenvalue weighted by molar-refractivity contribution is 9.10. The molecule has 0 radical (unpaired) electrons. The van der Waals surface area contributed by atoms with E-state index in [1.165, 1.54) is 6.08 Å². The summed E-state index contributed by atoms with van der Waals surface area (Å²) in [5, 5.41) is 12.7. The third-order valence-electron chi connectivity index (χ3n) is 4.06. The molecule has 0 fully saturated rings. The number of carbonyl (C=O) groups excluding carboxylic acids is 1. The van der Waals surface area contributed by atoms with Crippen LogP contribution in [0.5, 0.6) is 5.75 Å². The van der Waals surface area contributed by atoms with Crippen molar-refractivity contribution in [3.63, 3.8) is 0 Å². The molecule has 0 bridgehead atoms. The third-order valence-corrected chi connectivity index (χ3v) is 5.56. The van der Waals surface area contributed by atoms with Gasteiger partial charge in [-0.3, -0.25) is 4.79 Å². The predicted molar refractivity (Wildman–Crippen MR) is 126 cm³/mol. The van der Waals surface area contributed by atoms with Crippen molar-refractivity contribution in [2.45, 2.75) is 6.61 Å². The second kappa shape index (κ2) is 10.4. The molecule has 0 aliphatic rings. The molecule has 7 heteroatoms. The molecule has 1 N–H and O–H groups in total. The minimum atomic E-state index is -0.531. The van der Waals surface area contributed by atoms with E-state index in [0.29, 0.717) is 28.6 Å². The molecule has 0 aromatic heterocycles. The Hall–Kier alpha value is -2.59. The van der Waals surface area contributed by atoms with Crippen LogP contribution in [0.2, 0.25) is 5.02 Å². The Morgan fingerprint density at radius 3 is 2.63 bits per heavy atom. The quantitative estimate of drug-likeness (QED) is 0.268. The maximum Gasteiger partial charge on any atom is 0.266 e. The molecule has 0 heterocycles. The van der Waals surface area contributed by atoms with Crippen LogP contribution < -0.4 is 10.1 Å². The topological polar surface area (TPSA) is 62.1 Å². The van der Waals surface area contributed by atoms with E-state index in [-0.39, 0.29) is 5.57 Å². The highest BCUT2D eigenvalue weighted by Gasteiger charge is 2.12. The van der Waals surface area contributed by atoms with Crippen LogP contribution in [0.4, 0.5) is 5.69 Å². The van der Waals surface area contributed by atoms with Crippen molar-refractivity contribution in [2.75, 3.05) is 5.32 Å². The molecule has 0 saturated carbocycles. The van der Waals surface area contributed by atoms with Gasteiger partial charge in [0.15, 0.2) is 0 Å². The van der Waals surface area contributed by atoms with Gasteiger partial charge in [0.1, 0.15) is 24.0 Å². The Labute approximate surface area is 196 Å². The number of amides is 1. The predicted octanol–water partition coefficient (Wildman–Crippen LogP) is 6.99. The Balaban J connectivity index is 1.84. The zero-order chi connectivity index (χ0) is 21.5. The van der Waals surface area contributed by atoms with Gasteiger partial charge in [-0.1, -0.05) is 67.7 Å². The normalized spacial score (nSPS) is 10.9. The summed E-state index contributed by atoms with van der Waals surface area (Å²) in [4.78, 5) is 12.6. The first-order valence-electron chi connectivity index (χ1n) is 8.81. The van der Waals surface area contributed by atoms with Crippen molar-refractivity contribution in [3.8, 4) is 11.8 Å². The first kappa shape index (κ1) is 22.1. The van der Waals surface area contributed by atoms with Crippen LogP contribution in [-0.2, 0) is 11.4 Å². The zero-order valence-corrected chi connectivity index (χ0v) is 19.5. The Kier molecular flexibility index (Phi) is 7.69. The standard InChI is InChI=1S/C23H15Br2ClN2O2/c24-18-8-9-22(30-14-15-4-1-2-7-21(15)25)16(11-18)10-17(13-27)23(29)28-20-6-3-5-19(26)12-20/h1-12H,14H2,(H,28,29)/b17-10+. The number of rotatable bonds is 6. The molecule has 0 atom stereocenters. The van der Waals surface area contributed by atoms with Crippen LogP contribution in [0.25, 0.3) is 6.08 Å². The monoisotopic (exact) mass is 544 g/mol. The lowest BCUT2D eigenvalue weighted by Gasteiger charge is -2.11. The largest absolute Gasteiger partial charge is 0.488 e. The van der Waals surface area contributed by atoms with Crippen molar-refractivity contribution in [3.05, 3.63) is 97.4 Å². The summed E-state index contributed by atoms with van der Waals surface area (Å²) >= 11 is 12.9. The summed E-state index contributed by atoms with van der Waals surface area (Å²) < 4.78 is 7.71. The van der Waals surface area contributed by atoms with Crippen LogP contribution in [0, 0.1) is 11.3 Å². The first-order chi connectivity index (χ1) is 14.5. The lowest BCUT2D eigenvalue weighted by Crippen LogP contribution is -2.13. The number of ether oxygens (including phenoxy) is 1. The molecule has 4 nitrogen and oxygen atoms in total. The molecular weight excluding hydrogens is 532 g/mol. The van der Waals surface area contributed by atoms with E-state index in [9.17, 15) is 10.1 Å². The van der Waals surface area contributed by atoms with Gasteiger partial charge >= 0.3 is 0 Å². The fourth-order valence-electron chi connectivity index (χ4n) is 2.60. The van der Waals surface area contributed by atoms with E-state index >= 15 is 0 Å². The second-order valence-electron chi connectivity index (χ2n) is 6.20. The number of carbonyl (C=O) groups is 1. The summed E-state index contributed by atoms with van der Waals surface area (Å²) in [6.07, 6.45) is 1.50. The van der Waals surface area contributed by atoms with Gasteiger partial charge in [-0.2, -0.15) is 5.26 Å². The summed E-state index contributed by atoms with van der Waals surface area (Å²) in [6.45, 7) is 0.334. The molecule has 3 rings (SSSR count). The van der Waals surface area contributed by atoms with Gasteiger partial charge in [-0.15, -0.1) is 0 Å². The zero-order valence-electron chi connectivity index (χ0n) is 15.5. The summed E-state index contributed by atoms with van der Waals surface area (Å²) in [5.74, 6) is 0.0220. The highest BCUT2D eigenvalue weighted by atomic mass is 79.9.